The lowest BCUT2D eigenvalue weighted by Gasteiger charge is -2.16. The van der Waals surface area contributed by atoms with Crippen LogP contribution in [-0.4, -0.2) is 31.3 Å². The molecule has 2 aliphatic rings. The van der Waals surface area contributed by atoms with E-state index in [1.165, 1.54) is 19.8 Å². The van der Waals surface area contributed by atoms with Gasteiger partial charge < -0.3 is 5.11 Å². The second-order valence-corrected chi connectivity index (χ2v) is 7.07. The number of nitrogens with one attached hydrogen (secondary N) is 1. The molecule has 2 fully saturated rings. The van der Waals surface area contributed by atoms with Crippen LogP contribution < -0.4 is 4.72 Å². The number of carbonyl (C=O) groups is 1. The van der Waals surface area contributed by atoms with Gasteiger partial charge in [0.2, 0.25) is 10.0 Å². The van der Waals surface area contributed by atoms with Crippen LogP contribution in [0.1, 0.15) is 32.6 Å². The SMILES string of the molecule is CC(C(=O)O)S(=O)(=O)NCC1(C2CC2)CC1. The molecule has 0 amide bonds. The average molecular weight is 247 g/mol. The van der Waals surface area contributed by atoms with Gasteiger partial charge in [0.1, 0.15) is 0 Å². The maximum Gasteiger partial charge on any atom is 0.323 e. The third-order valence-corrected chi connectivity index (χ3v) is 5.45. The van der Waals surface area contributed by atoms with Crippen LogP contribution in [0.5, 0.6) is 0 Å². The summed E-state index contributed by atoms with van der Waals surface area (Å²) in [5, 5.41) is 7.29. The zero-order valence-electron chi connectivity index (χ0n) is 9.27. The molecule has 92 valence electrons. The highest BCUT2D eigenvalue weighted by Crippen LogP contribution is 2.60. The van der Waals surface area contributed by atoms with E-state index in [4.69, 9.17) is 5.11 Å². The number of hydrogen-bond donors (Lipinski definition) is 2. The topological polar surface area (TPSA) is 83.5 Å². The number of rotatable bonds is 6. The molecule has 0 heterocycles. The molecule has 0 radical (unpaired) electrons. The van der Waals surface area contributed by atoms with E-state index in [-0.39, 0.29) is 5.41 Å². The van der Waals surface area contributed by atoms with E-state index in [9.17, 15) is 13.2 Å². The van der Waals surface area contributed by atoms with E-state index in [1.54, 1.807) is 0 Å². The highest BCUT2D eigenvalue weighted by atomic mass is 32.2. The summed E-state index contributed by atoms with van der Waals surface area (Å²) in [4.78, 5) is 10.6. The van der Waals surface area contributed by atoms with Crippen LogP contribution in [0.15, 0.2) is 0 Å². The minimum atomic E-state index is -3.71. The summed E-state index contributed by atoms with van der Waals surface area (Å²) in [7, 11) is -3.71. The molecule has 0 spiro atoms. The minimum Gasteiger partial charge on any atom is -0.480 e. The quantitative estimate of drug-likeness (QED) is 0.718. The van der Waals surface area contributed by atoms with E-state index >= 15 is 0 Å². The van der Waals surface area contributed by atoms with Gasteiger partial charge in [0.15, 0.2) is 5.25 Å². The Morgan fingerprint density at radius 3 is 2.44 bits per heavy atom. The molecule has 0 saturated heterocycles. The van der Waals surface area contributed by atoms with Gasteiger partial charge in [-0.3, -0.25) is 4.79 Å². The second-order valence-electron chi connectivity index (χ2n) is 4.98. The van der Waals surface area contributed by atoms with Crippen molar-refractivity contribution in [3.63, 3.8) is 0 Å². The molecule has 2 rings (SSSR count). The highest BCUT2D eigenvalue weighted by molar-refractivity contribution is 7.90. The largest absolute Gasteiger partial charge is 0.480 e. The van der Waals surface area contributed by atoms with E-state index in [0.29, 0.717) is 12.5 Å². The predicted octanol–water partition coefficient (Wildman–Crippen LogP) is 0.569. The number of aliphatic carboxylic acids is 1. The van der Waals surface area contributed by atoms with Gasteiger partial charge in [-0.1, -0.05) is 0 Å². The summed E-state index contributed by atoms with van der Waals surface area (Å²) in [5.41, 5.74) is 0.158. The third kappa shape index (κ3) is 2.22. The van der Waals surface area contributed by atoms with Crippen molar-refractivity contribution >= 4 is 16.0 Å². The molecule has 0 aromatic carbocycles. The van der Waals surface area contributed by atoms with Gasteiger partial charge in [-0.15, -0.1) is 0 Å². The van der Waals surface area contributed by atoms with Crippen molar-refractivity contribution in [3.05, 3.63) is 0 Å². The number of hydrogen-bond acceptors (Lipinski definition) is 3. The molecule has 0 bridgehead atoms. The third-order valence-electron chi connectivity index (χ3n) is 3.77. The van der Waals surface area contributed by atoms with Gasteiger partial charge in [0, 0.05) is 6.54 Å². The molecule has 2 saturated carbocycles. The summed E-state index contributed by atoms with van der Waals surface area (Å²) in [5.74, 6) is -0.640. The van der Waals surface area contributed by atoms with Gasteiger partial charge in [-0.05, 0) is 43.9 Å². The average Bonchev–Trinajstić information content (AvgIpc) is 3.03. The van der Waals surface area contributed by atoms with Gasteiger partial charge in [0.25, 0.3) is 0 Å². The summed E-state index contributed by atoms with van der Waals surface area (Å²) >= 11 is 0. The van der Waals surface area contributed by atoms with Crippen LogP contribution in [0.4, 0.5) is 0 Å². The van der Waals surface area contributed by atoms with Crippen LogP contribution in [0.2, 0.25) is 0 Å². The lowest BCUT2D eigenvalue weighted by molar-refractivity contribution is -0.136. The first-order valence-electron chi connectivity index (χ1n) is 5.59. The molecule has 0 aromatic rings. The number of carboxylic acids is 1. The first-order chi connectivity index (χ1) is 7.37. The lowest BCUT2D eigenvalue weighted by atomic mass is 10.0. The van der Waals surface area contributed by atoms with Gasteiger partial charge in [-0.2, -0.15) is 0 Å². The Bertz CT molecular complexity index is 395. The molecule has 6 heteroatoms. The second kappa shape index (κ2) is 3.70. The Morgan fingerprint density at radius 1 is 1.50 bits per heavy atom. The van der Waals surface area contributed by atoms with Crippen molar-refractivity contribution in [1.29, 1.82) is 0 Å². The van der Waals surface area contributed by atoms with E-state index in [0.717, 1.165) is 12.8 Å². The molecular formula is C10H17NO4S. The van der Waals surface area contributed by atoms with Gasteiger partial charge in [-0.25, -0.2) is 13.1 Å². The standard InChI is InChI=1S/C10H17NO4S/c1-7(9(12)13)16(14,15)11-6-10(4-5-10)8-2-3-8/h7-8,11H,2-6H2,1H3,(H,12,13). The first-order valence-corrected chi connectivity index (χ1v) is 7.13. The molecule has 16 heavy (non-hydrogen) atoms. The van der Waals surface area contributed by atoms with Crippen LogP contribution in [-0.2, 0) is 14.8 Å². The van der Waals surface area contributed by atoms with E-state index in [2.05, 4.69) is 4.72 Å². The Labute approximate surface area is 95.3 Å². The van der Waals surface area contributed by atoms with Crippen molar-refractivity contribution in [2.75, 3.05) is 6.54 Å². The van der Waals surface area contributed by atoms with E-state index in [1.807, 2.05) is 0 Å². The molecule has 5 nitrogen and oxygen atoms in total. The zero-order chi connectivity index (χ0) is 12.0. The maximum atomic E-state index is 11.6. The predicted molar refractivity (Wildman–Crippen MR) is 58.4 cm³/mol. The van der Waals surface area contributed by atoms with Crippen LogP contribution >= 0.6 is 0 Å². The van der Waals surface area contributed by atoms with Crippen molar-refractivity contribution in [1.82, 2.24) is 4.72 Å². The van der Waals surface area contributed by atoms with Crippen LogP contribution in [0, 0.1) is 11.3 Å². The Balaban J connectivity index is 1.92. The lowest BCUT2D eigenvalue weighted by Crippen LogP contribution is -2.40. The summed E-state index contributed by atoms with van der Waals surface area (Å²) in [6.07, 6.45) is 4.52. The molecular weight excluding hydrogens is 230 g/mol. The van der Waals surface area contributed by atoms with Crippen molar-refractivity contribution < 1.29 is 18.3 Å². The monoisotopic (exact) mass is 247 g/mol. The fourth-order valence-electron chi connectivity index (χ4n) is 2.09. The minimum absolute atomic E-state index is 0.158. The zero-order valence-corrected chi connectivity index (χ0v) is 10.1. The molecule has 1 unspecified atom stereocenters. The van der Waals surface area contributed by atoms with Crippen molar-refractivity contribution in [2.45, 2.75) is 37.9 Å². The fraction of sp³-hybridized carbons (Fsp3) is 0.900. The van der Waals surface area contributed by atoms with Gasteiger partial charge >= 0.3 is 5.97 Å². The Kier molecular flexibility index (Phi) is 2.74. The fourth-order valence-corrected chi connectivity index (χ4v) is 3.09. The van der Waals surface area contributed by atoms with E-state index < -0.39 is 21.2 Å². The van der Waals surface area contributed by atoms with Crippen molar-refractivity contribution in [3.8, 4) is 0 Å². The number of carboxylic acid groups (broad SMARTS) is 1. The molecule has 1 atom stereocenters. The molecule has 2 N–H and O–H groups in total. The summed E-state index contributed by atoms with van der Waals surface area (Å²) < 4.78 is 25.7. The van der Waals surface area contributed by atoms with Crippen molar-refractivity contribution in [2.24, 2.45) is 11.3 Å². The van der Waals surface area contributed by atoms with Crippen LogP contribution in [0.3, 0.4) is 0 Å². The Morgan fingerprint density at radius 2 is 2.06 bits per heavy atom. The number of sulfonamides is 1. The molecule has 0 aromatic heterocycles. The smallest absolute Gasteiger partial charge is 0.323 e. The first kappa shape index (κ1) is 11.9. The van der Waals surface area contributed by atoms with Gasteiger partial charge in [0.05, 0.1) is 0 Å². The molecule has 0 aliphatic heterocycles. The Hall–Kier alpha value is -0.620. The summed E-state index contributed by atoms with van der Waals surface area (Å²) in [6, 6.07) is 0. The normalized spacial score (nSPS) is 25.1. The maximum absolute atomic E-state index is 11.6. The molecule has 2 aliphatic carbocycles. The highest BCUT2D eigenvalue weighted by Gasteiger charge is 2.54. The summed E-state index contributed by atoms with van der Waals surface area (Å²) in [6.45, 7) is 1.61. The van der Waals surface area contributed by atoms with Crippen LogP contribution in [0.25, 0.3) is 0 Å².